The summed E-state index contributed by atoms with van der Waals surface area (Å²) in [7, 11) is 0. The highest BCUT2D eigenvalue weighted by Gasteiger charge is 2.23. The molecular weight excluding hydrogens is 240 g/mol. The Morgan fingerprint density at radius 2 is 2.11 bits per heavy atom. The van der Waals surface area contributed by atoms with Gasteiger partial charge < -0.3 is 9.64 Å². The average molecular weight is 258 g/mol. The minimum Gasteiger partial charge on any atom is -0.481 e. The SMILES string of the molecule is CC(Oc1cccc(C#N)c1)C(=O)N1CCCCC1. The van der Waals surface area contributed by atoms with Crippen molar-refractivity contribution >= 4 is 5.91 Å². The van der Waals surface area contributed by atoms with Crippen LogP contribution in [0.15, 0.2) is 24.3 Å². The molecule has 0 radical (unpaired) electrons. The van der Waals surface area contributed by atoms with Gasteiger partial charge in [-0.15, -0.1) is 0 Å². The average Bonchev–Trinajstić information content (AvgIpc) is 2.47. The number of hydrogen-bond donors (Lipinski definition) is 0. The molecule has 1 aliphatic rings. The number of hydrogen-bond acceptors (Lipinski definition) is 3. The molecule has 0 aromatic heterocycles. The fraction of sp³-hybridized carbons (Fsp3) is 0.467. The van der Waals surface area contributed by atoms with Crippen molar-refractivity contribution in [3.8, 4) is 11.8 Å². The summed E-state index contributed by atoms with van der Waals surface area (Å²) in [6.07, 6.45) is 2.83. The highest BCUT2D eigenvalue weighted by atomic mass is 16.5. The van der Waals surface area contributed by atoms with Crippen LogP contribution in [0.2, 0.25) is 0 Å². The van der Waals surface area contributed by atoms with Crippen LogP contribution in [-0.4, -0.2) is 30.0 Å². The minimum atomic E-state index is -0.507. The first-order chi connectivity index (χ1) is 9.20. The zero-order valence-corrected chi connectivity index (χ0v) is 11.1. The van der Waals surface area contributed by atoms with Crippen molar-refractivity contribution in [3.05, 3.63) is 29.8 Å². The van der Waals surface area contributed by atoms with Crippen molar-refractivity contribution in [2.45, 2.75) is 32.3 Å². The van der Waals surface area contributed by atoms with Gasteiger partial charge in [0.15, 0.2) is 6.10 Å². The number of amides is 1. The Labute approximate surface area is 113 Å². The molecule has 1 saturated heterocycles. The summed E-state index contributed by atoms with van der Waals surface area (Å²) < 4.78 is 5.63. The van der Waals surface area contributed by atoms with Crippen molar-refractivity contribution in [1.82, 2.24) is 4.90 Å². The molecule has 1 amide bonds. The van der Waals surface area contributed by atoms with Crippen LogP contribution in [0.4, 0.5) is 0 Å². The van der Waals surface area contributed by atoms with Crippen LogP contribution in [0.3, 0.4) is 0 Å². The lowest BCUT2D eigenvalue weighted by Crippen LogP contribution is -2.43. The molecule has 0 bridgehead atoms. The van der Waals surface area contributed by atoms with Crippen LogP contribution in [0.25, 0.3) is 0 Å². The first-order valence-corrected chi connectivity index (χ1v) is 6.66. The number of carbonyl (C=O) groups excluding carboxylic acids is 1. The topological polar surface area (TPSA) is 53.3 Å². The van der Waals surface area contributed by atoms with Crippen LogP contribution in [-0.2, 0) is 4.79 Å². The third-order valence-corrected chi connectivity index (χ3v) is 3.29. The van der Waals surface area contributed by atoms with Crippen molar-refractivity contribution in [2.24, 2.45) is 0 Å². The lowest BCUT2D eigenvalue weighted by molar-refractivity contribution is -0.138. The molecule has 1 aromatic carbocycles. The molecule has 1 unspecified atom stereocenters. The maximum atomic E-state index is 12.2. The highest BCUT2D eigenvalue weighted by Crippen LogP contribution is 2.16. The Bertz CT molecular complexity index is 487. The third kappa shape index (κ3) is 3.47. The Balaban J connectivity index is 1.97. The van der Waals surface area contributed by atoms with Gasteiger partial charge in [-0.3, -0.25) is 4.79 Å². The lowest BCUT2D eigenvalue weighted by Gasteiger charge is -2.29. The van der Waals surface area contributed by atoms with Crippen molar-refractivity contribution < 1.29 is 9.53 Å². The molecule has 1 aromatic rings. The predicted octanol–water partition coefficient (Wildman–Crippen LogP) is 2.34. The van der Waals surface area contributed by atoms with Crippen molar-refractivity contribution in [2.75, 3.05) is 13.1 Å². The van der Waals surface area contributed by atoms with Gasteiger partial charge in [0.2, 0.25) is 0 Å². The second-order valence-corrected chi connectivity index (χ2v) is 4.79. The number of nitriles is 1. The van der Waals surface area contributed by atoms with Crippen molar-refractivity contribution in [3.63, 3.8) is 0 Å². The number of piperidine rings is 1. The van der Waals surface area contributed by atoms with Gasteiger partial charge in [-0.05, 0) is 44.4 Å². The van der Waals surface area contributed by atoms with Crippen LogP contribution in [0, 0.1) is 11.3 Å². The van der Waals surface area contributed by atoms with E-state index in [9.17, 15) is 4.79 Å². The fourth-order valence-corrected chi connectivity index (χ4v) is 2.26. The zero-order valence-electron chi connectivity index (χ0n) is 11.1. The van der Waals surface area contributed by atoms with Gasteiger partial charge in [0.1, 0.15) is 5.75 Å². The number of likely N-dealkylation sites (tertiary alicyclic amines) is 1. The van der Waals surface area contributed by atoms with Gasteiger partial charge in [0, 0.05) is 13.1 Å². The largest absolute Gasteiger partial charge is 0.481 e. The maximum Gasteiger partial charge on any atom is 0.263 e. The van der Waals surface area contributed by atoms with Crippen LogP contribution in [0.1, 0.15) is 31.7 Å². The molecule has 0 N–H and O–H groups in total. The van der Waals surface area contributed by atoms with E-state index in [4.69, 9.17) is 10.00 Å². The normalized spacial score (nSPS) is 16.5. The van der Waals surface area contributed by atoms with Gasteiger partial charge in [-0.2, -0.15) is 5.26 Å². The smallest absolute Gasteiger partial charge is 0.263 e. The Morgan fingerprint density at radius 3 is 2.79 bits per heavy atom. The molecule has 0 aliphatic carbocycles. The van der Waals surface area contributed by atoms with E-state index in [0.717, 1.165) is 25.9 Å². The molecule has 2 rings (SSSR count). The molecule has 1 heterocycles. The summed E-state index contributed by atoms with van der Waals surface area (Å²) in [5, 5.41) is 8.83. The van der Waals surface area contributed by atoms with E-state index in [-0.39, 0.29) is 5.91 Å². The van der Waals surface area contributed by atoms with Gasteiger partial charge in [-0.1, -0.05) is 6.07 Å². The molecular formula is C15H18N2O2. The van der Waals surface area contributed by atoms with E-state index in [1.807, 2.05) is 4.90 Å². The minimum absolute atomic E-state index is 0.0297. The van der Waals surface area contributed by atoms with Crippen LogP contribution in [0.5, 0.6) is 5.75 Å². The van der Waals surface area contributed by atoms with E-state index >= 15 is 0 Å². The number of carbonyl (C=O) groups is 1. The van der Waals surface area contributed by atoms with E-state index in [1.54, 1.807) is 31.2 Å². The fourth-order valence-electron chi connectivity index (χ4n) is 2.26. The molecule has 4 heteroatoms. The number of nitrogens with zero attached hydrogens (tertiary/aromatic N) is 2. The summed E-state index contributed by atoms with van der Waals surface area (Å²) in [5.41, 5.74) is 0.537. The molecule has 0 spiro atoms. The van der Waals surface area contributed by atoms with E-state index in [0.29, 0.717) is 11.3 Å². The monoisotopic (exact) mass is 258 g/mol. The maximum absolute atomic E-state index is 12.2. The van der Waals surface area contributed by atoms with Gasteiger partial charge in [0.05, 0.1) is 11.6 Å². The van der Waals surface area contributed by atoms with Gasteiger partial charge in [0.25, 0.3) is 5.91 Å². The van der Waals surface area contributed by atoms with E-state index < -0.39 is 6.10 Å². The van der Waals surface area contributed by atoms with Gasteiger partial charge >= 0.3 is 0 Å². The van der Waals surface area contributed by atoms with E-state index in [1.165, 1.54) is 6.42 Å². The molecule has 1 fully saturated rings. The van der Waals surface area contributed by atoms with E-state index in [2.05, 4.69) is 6.07 Å². The summed E-state index contributed by atoms with van der Waals surface area (Å²) in [6.45, 7) is 3.41. The van der Waals surface area contributed by atoms with Crippen LogP contribution < -0.4 is 4.74 Å². The summed E-state index contributed by atoms with van der Waals surface area (Å²) in [6, 6.07) is 8.94. The second-order valence-electron chi connectivity index (χ2n) is 4.79. The molecule has 100 valence electrons. The van der Waals surface area contributed by atoms with Gasteiger partial charge in [-0.25, -0.2) is 0 Å². The first kappa shape index (κ1) is 13.4. The summed E-state index contributed by atoms with van der Waals surface area (Å²) >= 11 is 0. The zero-order chi connectivity index (χ0) is 13.7. The molecule has 19 heavy (non-hydrogen) atoms. The molecule has 4 nitrogen and oxygen atoms in total. The summed E-state index contributed by atoms with van der Waals surface area (Å²) in [5.74, 6) is 0.596. The van der Waals surface area contributed by atoms with Crippen molar-refractivity contribution in [1.29, 1.82) is 5.26 Å². The second kappa shape index (κ2) is 6.24. The molecule has 1 aliphatic heterocycles. The van der Waals surface area contributed by atoms with Crippen LogP contribution >= 0.6 is 0 Å². The third-order valence-electron chi connectivity index (χ3n) is 3.29. The lowest BCUT2D eigenvalue weighted by atomic mass is 10.1. The summed E-state index contributed by atoms with van der Waals surface area (Å²) in [4.78, 5) is 14.1. The number of rotatable bonds is 3. The quantitative estimate of drug-likeness (QED) is 0.836. The predicted molar refractivity (Wildman–Crippen MR) is 71.7 cm³/mol. The Hall–Kier alpha value is -2.02. The molecule has 0 saturated carbocycles. The number of ether oxygens (including phenoxy) is 1. The highest BCUT2D eigenvalue weighted by molar-refractivity contribution is 5.81. The standard InChI is InChI=1S/C15H18N2O2/c1-12(15(18)17-8-3-2-4-9-17)19-14-7-5-6-13(10-14)11-16/h5-7,10,12H,2-4,8-9H2,1H3. The number of benzene rings is 1. The Morgan fingerprint density at radius 1 is 1.37 bits per heavy atom. The molecule has 1 atom stereocenters. The first-order valence-electron chi connectivity index (χ1n) is 6.66. The Kier molecular flexibility index (Phi) is 4.40.